The third-order valence-corrected chi connectivity index (χ3v) is 5.08. The summed E-state index contributed by atoms with van der Waals surface area (Å²) < 4.78 is 5.36. The molecular weight excluding hydrogens is 426 g/mol. The van der Waals surface area contributed by atoms with Gasteiger partial charge in [-0.3, -0.25) is 4.99 Å². The Morgan fingerprint density at radius 3 is 2.75 bits per heavy atom. The first-order valence-electron chi connectivity index (χ1n) is 10.2. The number of imidazole rings is 1. The van der Waals surface area contributed by atoms with Crippen LogP contribution >= 0.6 is 11.6 Å². The van der Waals surface area contributed by atoms with Gasteiger partial charge < -0.3 is 19.7 Å². The molecule has 0 aliphatic rings. The Kier molecular flexibility index (Phi) is 6.81. The third-order valence-electron chi connectivity index (χ3n) is 4.85. The third kappa shape index (κ3) is 5.33. The first-order valence-corrected chi connectivity index (χ1v) is 10.6. The Labute approximate surface area is 191 Å². The summed E-state index contributed by atoms with van der Waals surface area (Å²) in [6, 6.07) is 17.5. The summed E-state index contributed by atoms with van der Waals surface area (Å²) >= 11 is 6.04. The van der Waals surface area contributed by atoms with Crippen molar-refractivity contribution in [1.82, 2.24) is 30.3 Å². The van der Waals surface area contributed by atoms with Crippen LogP contribution in [0.2, 0.25) is 5.02 Å². The van der Waals surface area contributed by atoms with Crippen LogP contribution in [0.4, 0.5) is 0 Å². The van der Waals surface area contributed by atoms with Gasteiger partial charge in [0.25, 0.3) is 0 Å². The van der Waals surface area contributed by atoms with Gasteiger partial charge in [0.05, 0.1) is 18.4 Å². The van der Waals surface area contributed by atoms with Gasteiger partial charge in [0.1, 0.15) is 5.82 Å². The molecular formula is C23H24ClN7O. The zero-order chi connectivity index (χ0) is 22.3. The smallest absolute Gasteiger partial charge is 0.228 e. The highest BCUT2D eigenvalue weighted by Crippen LogP contribution is 2.20. The van der Waals surface area contributed by atoms with Gasteiger partial charge >= 0.3 is 0 Å². The fourth-order valence-electron chi connectivity index (χ4n) is 3.27. The van der Waals surface area contributed by atoms with Crippen LogP contribution in [0.5, 0.6) is 0 Å². The highest BCUT2D eigenvalue weighted by molar-refractivity contribution is 6.30. The van der Waals surface area contributed by atoms with Gasteiger partial charge in [-0.25, -0.2) is 4.98 Å². The van der Waals surface area contributed by atoms with Crippen LogP contribution in [-0.2, 0) is 13.0 Å². The molecule has 8 nitrogen and oxygen atoms in total. The highest BCUT2D eigenvalue weighted by Gasteiger charge is 2.12. The number of hydrogen-bond donors (Lipinski definition) is 2. The van der Waals surface area contributed by atoms with Crippen LogP contribution in [0.25, 0.3) is 22.6 Å². The molecule has 0 aliphatic carbocycles. The molecule has 0 spiro atoms. The van der Waals surface area contributed by atoms with Gasteiger partial charge in [0.15, 0.2) is 5.96 Å². The number of nitrogens with zero attached hydrogens (tertiary/aromatic N) is 5. The van der Waals surface area contributed by atoms with Crippen LogP contribution in [-0.4, -0.2) is 51.6 Å². The standard InChI is InChI=1S/C23H24ClN7O/c1-25-23(31(2)15-20-27-14-19(28-20)16-7-4-3-5-8-16)26-12-11-21-29-22(30-32-21)17-9-6-10-18(24)13-17/h3-10,13-14H,11-12,15H2,1-2H3,(H,25,26)(H,27,28). The molecule has 2 heterocycles. The molecule has 32 heavy (non-hydrogen) atoms. The van der Waals surface area contributed by atoms with E-state index in [2.05, 4.69) is 42.6 Å². The van der Waals surface area contributed by atoms with Crippen molar-refractivity contribution in [3.05, 3.63) is 77.5 Å². The Morgan fingerprint density at radius 2 is 1.97 bits per heavy atom. The van der Waals surface area contributed by atoms with Gasteiger partial charge in [-0.15, -0.1) is 0 Å². The highest BCUT2D eigenvalue weighted by atomic mass is 35.5. The molecule has 4 rings (SSSR count). The number of H-pyrrole nitrogens is 1. The van der Waals surface area contributed by atoms with Crippen LogP contribution in [0.3, 0.4) is 0 Å². The zero-order valence-electron chi connectivity index (χ0n) is 17.9. The monoisotopic (exact) mass is 449 g/mol. The van der Waals surface area contributed by atoms with E-state index in [1.54, 1.807) is 7.05 Å². The van der Waals surface area contributed by atoms with Gasteiger partial charge in [-0.1, -0.05) is 59.2 Å². The van der Waals surface area contributed by atoms with Crippen molar-refractivity contribution in [3.8, 4) is 22.6 Å². The molecule has 0 bridgehead atoms. The second-order valence-corrected chi connectivity index (χ2v) is 7.65. The molecule has 0 fully saturated rings. The van der Waals surface area contributed by atoms with Crippen molar-refractivity contribution < 1.29 is 4.52 Å². The van der Waals surface area contributed by atoms with E-state index in [-0.39, 0.29) is 0 Å². The Hall–Kier alpha value is -3.65. The Bertz CT molecular complexity index is 1190. The molecule has 2 aromatic carbocycles. The first-order chi connectivity index (χ1) is 15.6. The summed E-state index contributed by atoms with van der Waals surface area (Å²) in [7, 11) is 3.71. The lowest BCUT2D eigenvalue weighted by Gasteiger charge is -2.20. The maximum absolute atomic E-state index is 6.04. The number of aromatic nitrogens is 4. The maximum Gasteiger partial charge on any atom is 0.228 e. The molecule has 9 heteroatoms. The molecule has 4 aromatic rings. The van der Waals surface area contributed by atoms with E-state index in [0.717, 1.165) is 28.6 Å². The average Bonchev–Trinajstić information content (AvgIpc) is 3.47. The van der Waals surface area contributed by atoms with E-state index < -0.39 is 0 Å². The lowest BCUT2D eigenvalue weighted by molar-refractivity contribution is 0.377. The lowest BCUT2D eigenvalue weighted by atomic mass is 10.2. The van der Waals surface area contributed by atoms with Crippen LogP contribution < -0.4 is 5.32 Å². The molecule has 0 radical (unpaired) electrons. The lowest BCUT2D eigenvalue weighted by Crippen LogP contribution is -2.39. The first kappa shape index (κ1) is 21.6. The maximum atomic E-state index is 6.04. The molecule has 0 unspecified atom stereocenters. The fourth-order valence-corrected chi connectivity index (χ4v) is 3.46. The number of hydrogen-bond acceptors (Lipinski definition) is 5. The number of aromatic amines is 1. The van der Waals surface area contributed by atoms with Crippen molar-refractivity contribution in [2.45, 2.75) is 13.0 Å². The number of guanidine groups is 1. The normalized spacial score (nSPS) is 11.5. The number of aliphatic imine (C=N–C) groups is 1. The molecule has 2 aromatic heterocycles. The van der Waals surface area contributed by atoms with E-state index in [1.165, 1.54) is 0 Å². The summed E-state index contributed by atoms with van der Waals surface area (Å²) in [5.41, 5.74) is 2.92. The minimum atomic E-state index is 0.524. The van der Waals surface area contributed by atoms with E-state index >= 15 is 0 Å². The van der Waals surface area contributed by atoms with Gasteiger partial charge in [-0.05, 0) is 17.7 Å². The fraction of sp³-hybridized carbons (Fsp3) is 0.217. The number of benzene rings is 2. The van der Waals surface area contributed by atoms with Gasteiger partial charge in [0, 0.05) is 37.6 Å². The average molecular weight is 450 g/mol. The predicted octanol–water partition coefficient (Wildman–Crippen LogP) is 4.03. The van der Waals surface area contributed by atoms with Crippen LogP contribution in [0, 0.1) is 0 Å². The topological polar surface area (TPSA) is 95.2 Å². The molecule has 164 valence electrons. The van der Waals surface area contributed by atoms with Crippen molar-refractivity contribution in [3.63, 3.8) is 0 Å². The van der Waals surface area contributed by atoms with Crippen LogP contribution in [0.15, 0.2) is 70.3 Å². The Morgan fingerprint density at radius 1 is 1.16 bits per heavy atom. The van der Waals surface area contributed by atoms with E-state index in [1.807, 2.05) is 60.6 Å². The summed E-state index contributed by atoms with van der Waals surface area (Å²) in [6.45, 7) is 1.19. The van der Waals surface area contributed by atoms with Crippen molar-refractivity contribution in [1.29, 1.82) is 0 Å². The molecule has 0 saturated carbocycles. The zero-order valence-corrected chi connectivity index (χ0v) is 18.7. The molecule has 2 N–H and O–H groups in total. The second-order valence-electron chi connectivity index (χ2n) is 7.21. The summed E-state index contributed by atoms with van der Waals surface area (Å²) in [4.78, 5) is 18.7. The second kappa shape index (κ2) is 10.1. The van der Waals surface area contributed by atoms with Crippen LogP contribution in [0.1, 0.15) is 11.7 Å². The SMILES string of the molecule is CN=C(NCCc1nc(-c2cccc(Cl)c2)no1)N(C)Cc1ncc(-c2ccccc2)[nH]1. The predicted molar refractivity (Wildman–Crippen MR) is 125 cm³/mol. The van der Waals surface area contributed by atoms with Crippen molar-refractivity contribution in [2.75, 3.05) is 20.6 Å². The summed E-state index contributed by atoms with van der Waals surface area (Å²) in [5.74, 6) is 2.68. The number of nitrogens with one attached hydrogen (secondary N) is 2. The summed E-state index contributed by atoms with van der Waals surface area (Å²) in [6.07, 6.45) is 2.42. The van der Waals surface area contributed by atoms with Gasteiger partial charge in [-0.2, -0.15) is 4.98 Å². The molecule has 0 aliphatic heterocycles. The largest absolute Gasteiger partial charge is 0.356 e. The minimum Gasteiger partial charge on any atom is -0.356 e. The summed E-state index contributed by atoms with van der Waals surface area (Å²) in [5, 5.41) is 7.99. The quantitative estimate of drug-likeness (QED) is 0.326. The molecule has 0 amide bonds. The Balaban J connectivity index is 1.30. The number of rotatable bonds is 7. The van der Waals surface area contributed by atoms with Gasteiger partial charge in [0.2, 0.25) is 11.7 Å². The van der Waals surface area contributed by atoms with E-state index in [4.69, 9.17) is 16.1 Å². The molecule has 0 atom stereocenters. The minimum absolute atomic E-state index is 0.524. The molecule has 0 saturated heterocycles. The van der Waals surface area contributed by atoms with E-state index in [9.17, 15) is 0 Å². The van der Waals surface area contributed by atoms with E-state index in [0.29, 0.717) is 36.2 Å². The van der Waals surface area contributed by atoms with Crippen molar-refractivity contribution in [2.24, 2.45) is 4.99 Å². The van der Waals surface area contributed by atoms with Crippen molar-refractivity contribution >= 4 is 17.6 Å². The number of halogens is 1.